The third-order valence-corrected chi connectivity index (χ3v) is 7.37. The smallest absolute Gasteiger partial charge is 0.244 e. The molecule has 3 unspecified atom stereocenters. The van der Waals surface area contributed by atoms with E-state index in [-0.39, 0.29) is 6.04 Å². The van der Waals surface area contributed by atoms with Crippen molar-refractivity contribution in [1.29, 1.82) is 0 Å². The van der Waals surface area contributed by atoms with E-state index in [1.807, 2.05) is 0 Å². The van der Waals surface area contributed by atoms with Crippen molar-refractivity contribution >= 4 is 5.91 Å². The monoisotopic (exact) mass is 397 g/mol. The van der Waals surface area contributed by atoms with Gasteiger partial charge in [0.2, 0.25) is 5.91 Å². The molecule has 29 heavy (non-hydrogen) atoms. The lowest BCUT2D eigenvalue weighted by atomic mass is 9.92. The Balaban J connectivity index is 1.48. The molecule has 0 bridgehead atoms. The zero-order chi connectivity index (χ0) is 20.1. The van der Waals surface area contributed by atoms with E-state index in [1.165, 1.54) is 57.2 Å². The van der Waals surface area contributed by atoms with Crippen molar-refractivity contribution in [3.8, 4) is 0 Å². The molecule has 0 saturated carbocycles. The summed E-state index contributed by atoms with van der Waals surface area (Å²) in [5.74, 6) is 1.02. The molecule has 1 aromatic carbocycles. The Bertz CT molecular complexity index is 643. The van der Waals surface area contributed by atoms with Crippen molar-refractivity contribution in [1.82, 2.24) is 14.7 Å². The summed E-state index contributed by atoms with van der Waals surface area (Å²) in [4.78, 5) is 21.0. The summed E-state index contributed by atoms with van der Waals surface area (Å²) in [6.07, 6.45) is 10.2. The fourth-order valence-electron chi connectivity index (χ4n) is 5.67. The molecule has 1 amide bonds. The maximum absolute atomic E-state index is 13.6. The second kappa shape index (κ2) is 10.1. The maximum Gasteiger partial charge on any atom is 0.244 e. The molecule has 4 nitrogen and oxygen atoms in total. The number of likely N-dealkylation sites (tertiary alicyclic amines) is 3. The minimum atomic E-state index is -0.101. The average molecular weight is 398 g/mol. The minimum absolute atomic E-state index is 0.101. The minimum Gasteiger partial charge on any atom is -0.341 e. The predicted octanol–water partition coefficient (Wildman–Crippen LogP) is 4.33. The van der Waals surface area contributed by atoms with Gasteiger partial charge in [-0.3, -0.25) is 9.69 Å². The van der Waals surface area contributed by atoms with Gasteiger partial charge in [0.05, 0.1) is 0 Å². The second-order valence-electron chi connectivity index (χ2n) is 9.54. The van der Waals surface area contributed by atoms with E-state index in [4.69, 9.17) is 0 Å². The zero-order valence-electron chi connectivity index (χ0n) is 18.3. The van der Waals surface area contributed by atoms with Crippen LogP contribution in [0.4, 0.5) is 0 Å². The van der Waals surface area contributed by atoms with Crippen LogP contribution in [0, 0.1) is 5.92 Å². The highest BCUT2D eigenvalue weighted by Crippen LogP contribution is 2.31. The molecular weight excluding hydrogens is 358 g/mol. The number of nitrogens with zero attached hydrogens (tertiary/aromatic N) is 3. The number of hydrogen-bond acceptors (Lipinski definition) is 3. The van der Waals surface area contributed by atoms with Gasteiger partial charge in [0.25, 0.3) is 0 Å². The summed E-state index contributed by atoms with van der Waals surface area (Å²) < 4.78 is 0. The van der Waals surface area contributed by atoms with Crippen LogP contribution in [0.15, 0.2) is 30.3 Å². The van der Waals surface area contributed by atoms with Crippen molar-refractivity contribution < 1.29 is 4.79 Å². The van der Waals surface area contributed by atoms with Gasteiger partial charge in [0, 0.05) is 32.2 Å². The van der Waals surface area contributed by atoms with E-state index in [0.717, 1.165) is 45.1 Å². The van der Waals surface area contributed by atoms with Crippen LogP contribution in [-0.2, 0) is 4.79 Å². The lowest BCUT2D eigenvalue weighted by Crippen LogP contribution is -2.50. The van der Waals surface area contributed by atoms with Gasteiger partial charge in [-0.25, -0.2) is 0 Å². The number of amides is 1. The van der Waals surface area contributed by atoms with E-state index < -0.39 is 0 Å². The van der Waals surface area contributed by atoms with Crippen LogP contribution >= 0.6 is 0 Å². The average Bonchev–Trinajstić information content (AvgIpc) is 2.77. The number of carbonyl (C=O) groups excluding carboxylic acids is 1. The first-order valence-electron chi connectivity index (χ1n) is 12.0. The predicted molar refractivity (Wildman–Crippen MR) is 119 cm³/mol. The highest BCUT2D eigenvalue weighted by molar-refractivity contribution is 5.83. The molecule has 4 rings (SSSR count). The summed E-state index contributed by atoms with van der Waals surface area (Å²) in [6, 6.07) is 11.2. The van der Waals surface area contributed by atoms with Crippen LogP contribution in [0.3, 0.4) is 0 Å². The van der Waals surface area contributed by atoms with E-state index in [0.29, 0.717) is 11.8 Å². The number of carbonyl (C=O) groups is 1. The summed E-state index contributed by atoms with van der Waals surface area (Å²) in [6.45, 7) is 8.83. The van der Waals surface area contributed by atoms with E-state index in [1.54, 1.807) is 0 Å². The van der Waals surface area contributed by atoms with Gasteiger partial charge >= 0.3 is 0 Å². The Morgan fingerprint density at radius 3 is 2.45 bits per heavy atom. The van der Waals surface area contributed by atoms with Gasteiger partial charge in [-0.15, -0.1) is 0 Å². The van der Waals surface area contributed by atoms with Gasteiger partial charge in [-0.05, 0) is 76.4 Å². The highest BCUT2D eigenvalue weighted by atomic mass is 16.2. The molecule has 1 aromatic rings. The fourth-order valence-corrected chi connectivity index (χ4v) is 5.67. The molecule has 3 saturated heterocycles. The van der Waals surface area contributed by atoms with E-state index >= 15 is 0 Å². The molecule has 3 fully saturated rings. The van der Waals surface area contributed by atoms with Gasteiger partial charge < -0.3 is 9.80 Å². The normalized spacial score (nSPS) is 28.2. The lowest BCUT2D eigenvalue weighted by Gasteiger charge is -2.43. The van der Waals surface area contributed by atoms with Crippen molar-refractivity contribution in [3.63, 3.8) is 0 Å². The van der Waals surface area contributed by atoms with Crippen molar-refractivity contribution in [2.24, 2.45) is 5.92 Å². The topological polar surface area (TPSA) is 26.8 Å². The SMILES string of the molecule is CC1CCCCN1CC1CCCN(C(C(=O)N2CCCCC2)c2ccccc2)C1. The summed E-state index contributed by atoms with van der Waals surface area (Å²) >= 11 is 0. The molecule has 0 aliphatic carbocycles. The van der Waals surface area contributed by atoms with Gasteiger partial charge in [0.15, 0.2) is 0 Å². The van der Waals surface area contributed by atoms with Crippen LogP contribution in [0.25, 0.3) is 0 Å². The van der Waals surface area contributed by atoms with Crippen LogP contribution in [0.2, 0.25) is 0 Å². The molecule has 0 spiro atoms. The molecule has 0 N–H and O–H groups in total. The first-order valence-corrected chi connectivity index (χ1v) is 12.0. The molecular formula is C25H39N3O. The molecule has 3 heterocycles. The fraction of sp³-hybridized carbons (Fsp3) is 0.720. The number of benzene rings is 1. The third kappa shape index (κ3) is 5.21. The van der Waals surface area contributed by atoms with Crippen LogP contribution in [0.5, 0.6) is 0 Å². The number of hydrogen-bond donors (Lipinski definition) is 0. The van der Waals surface area contributed by atoms with Gasteiger partial charge in [-0.2, -0.15) is 0 Å². The standard InChI is InChI=1S/C25H39N3O/c1-21-11-6-9-17-27(21)19-22-12-10-18-28(20-22)24(23-13-4-2-5-14-23)25(29)26-15-7-3-8-16-26/h2,4-5,13-14,21-22,24H,3,6-12,15-20H2,1H3. The summed E-state index contributed by atoms with van der Waals surface area (Å²) in [5.41, 5.74) is 1.18. The van der Waals surface area contributed by atoms with Crippen molar-refractivity contribution in [2.75, 3.05) is 39.3 Å². The Labute approximate surface area is 177 Å². The van der Waals surface area contributed by atoms with Gasteiger partial charge in [0.1, 0.15) is 6.04 Å². The first kappa shape index (κ1) is 20.9. The quantitative estimate of drug-likeness (QED) is 0.740. The van der Waals surface area contributed by atoms with Crippen molar-refractivity contribution in [2.45, 2.75) is 70.4 Å². The summed E-state index contributed by atoms with van der Waals surface area (Å²) in [7, 11) is 0. The third-order valence-electron chi connectivity index (χ3n) is 7.37. The van der Waals surface area contributed by atoms with Crippen LogP contribution in [0.1, 0.15) is 69.9 Å². The van der Waals surface area contributed by atoms with Crippen LogP contribution < -0.4 is 0 Å². The molecule has 3 aliphatic rings. The highest BCUT2D eigenvalue weighted by Gasteiger charge is 2.35. The lowest BCUT2D eigenvalue weighted by molar-refractivity contribution is -0.139. The Morgan fingerprint density at radius 1 is 0.931 bits per heavy atom. The van der Waals surface area contributed by atoms with E-state index in [2.05, 4.69) is 52.0 Å². The maximum atomic E-state index is 13.6. The Morgan fingerprint density at radius 2 is 1.69 bits per heavy atom. The molecule has 3 atom stereocenters. The van der Waals surface area contributed by atoms with Crippen molar-refractivity contribution in [3.05, 3.63) is 35.9 Å². The Hall–Kier alpha value is -1.39. The van der Waals surface area contributed by atoms with Crippen LogP contribution in [-0.4, -0.2) is 65.9 Å². The molecule has 0 radical (unpaired) electrons. The number of rotatable bonds is 5. The Kier molecular flexibility index (Phi) is 7.25. The van der Waals surface area contributed by atoms with Gasteiger partial charge in [-0.1, -0.05) is 36.8 Å². The first-order chi connectivity index (χ1) is 14.2. The molecule has 0 aromatic heterocycles. The zero-order valence-corrected chi connectivity index (χ0v) is 18.3. The van der Waals surface area contributed by atoms with E-state index in [9.17, 15) is 4.79 Å². The largest absolute Gasteiger partial charge is 0.341 e. The number of piperidine rings is 3. The second-order valence-corrected chi connectivity index (χ2v) is 9.54. The molecule has 160 valence electrons. The summed E-state index contributed by atoms with van der Waals surface area (Å²) in [5, 5.41) is 0. The molecule has 4 heteroatoms. The molecule has 3 aliphatic heterocycles.